The molecular weight excluding hydrogens is 238 g/mol. The second-order valence-electron chi connectivity index (χ2n) is 5.29. The quantitative estimate of drug-likeness (QED) is 0.877. The highest BCUT2D eigenvalue weighted by Crippen LogP contribution is 2.25. The van der Waals surface area contributed by atoms with Gasteiger partial charge in [0.15, 0.2) is 0 Å². The van der Waals surface area contributed by atoms with Crippen LogP contribution in [0.1, 0.15) is 31.0 Å². The molecule has 1 saturated heterocycles. The number of piperidine rings is 1. The summed E-state index contributed by atoms with van der Waals surface area (Å²) in [6, 6.07) is 0. The molecule has 0 amide bonds. The van der Waals surface area contributed by atoms with Gasteiger partial charge in [-0.1, -0.05) is 11.6 Å². The maximum atomic E-state index is 10.1. The third-order valence-electron chi connectivity index (χ3n) is 3.41. The molecule has 1 aliphatic heterocycles. The molecule has 2 rings (SSSR count). The highest BCUT2D eigenvalue weighted by molar-refractivity contribution is 6.30. The summed E-state index contributed by atoms with van der Waals surface area (Å²) in [4.78, 5) is 2.25. The van der Waals surface area contributed by atoms with E-state index in [9.17, 15) is 5.11 Å². The Morgan fingerprint density at radius 2 is 2.24 bits per heavy atom. The van der Waals surface area contributed by atoms with Crippen molar-refractivity contribution in [1.82, 2.24) is 14.7 Å². The molecule has 0 saturated carbocycles. The van der Waals surface area contributed by atoms with Crippen LogP contribution in [0.15, 0.2) is 0 Å². The molecule has 0 bridgehead atoms. The predicted octanol–water partition coefficient (Wildman–Crippen LogP) is 1.73. The Hall–Kier alpha value is -0.580. The maximum Gasteiger partial charge on any atom is 0.131 e. The van der Waals surface area contributed by atoms with Crippen LogP contribution in [0.4, 0.5) is 0 Å². The standard InChI is InChI=1S/C12H20ClN3O/c1-9-10(11(13)15(3)14-9)7-16-6-4-5-12(2,17)8-16/h17H,4-8H2,1-3H3. The first-order chi connectivity index (χ1) is 7.89. The van der Waals surface area contributed by atoms with E-state index in [0.717, 1.165) is 37.2 Å². The van der Waals surface area contributed by atoms with Crippen LogP contribution in [0, 0.1) is 6.92 Å². The van der Waals surface area contributed by atoms with Gasteiger partial charge < -0.3 is 5.11 Å². The first kappa shape index (κ1) is 12.9. The van der Waals surface area contributed by atoms with Crippen molar-refractivity contribution in [3.05, 3.63) is 16.4 Å². The van der Waals surface area contributed by atoms with Gasteiger partial charge in [-0.15, -0.1) is 0 Å². The van der Waals surface area contributed by atoms with E-state index in [1.807, 2.05) is 20.9 Å². The zero-order chi connectivity index (χ0) is 12.6. The number of rotatable bonds is 2. The Kier molecular flexibility index (Phi) is 3.48. The number of likely N-dealkylation sites (tertiary alicyclic amines) is 1. The molecule has 2 heterocycles. The average molecular weight is 258 g/mol. The summed E-state index contributed by atoms with van der Waals surface area (Å²) in [5, 5.41) is 15.1. The van der Waals surface area contributed by atoms with E-state index in [1.54, 1.807) is 4.68 Å². The molecular formula is C12H20ClN3O. The van der Waals surface area contributed by atoms with E-state index in [-0.39, 0.29) is 0 Å². The average Bonchev–Trinajstić information content (AvgIpc) is 2.44. The summed E-state index contributed by atoms with van der Waals surface area (Å²) in [6.45, 7) is 6.37. The fraction of sp³-hybridized carbons (Fsp3) is 0.750. The third kappa shape index (κ3) is 2.81. The van der Waals surface area contributed by atoms with Crippen molar-refractivity contribution in [3.8, 4) is 0 Å². The number of aryl methyl sites for hydroxylation is 2. The van der Waals surface area contributed by atoms with Gasteiger partial charge in [0, 0.05) is 25.7 Å². The van der Waals surface area contributed by atoms with Crippen LogP contribution in [0.3, 0.4) is 0 Å². The summed E-state index contributed by atoms with van der Waals surface area (Å²) < 4.78 is 1.70. The molecule has 1 unspecified atom stereocenters. The minimum Gasteiger partial charge on any atom is -0.389 e. The molecule has 1 fully saturated rings. The normalized spacial score (nSPS) is 26.4. The number of hydrogen-bond donors (Lipinski definition) is 1. The lowest BCUT2D eigenvalue weighted by molar-refractivity contribution is -0.0182. The molecule has 1 atom stereocenters. The number of halogens is 1. The van der Waals surface area contributed by atoms with E-state index >= 15 is 0 Å². The molecule has 0 aromatic carbocycles. The van der Waals surface area contributed by atoms with Crippen molar-refractivity contribution in [3.63, 3.8) is 0 Å². The van der Waals surface area contributed by atoms with E-state index in [1.165, 1.54) is 0 Å². The van der Waals surface area contributed by atoms with E-state index in [4.69, 9.17) is 11.6 Å². The topological polar surface area (TPSA) is 41.3 Å². The Morgan fingerprint density at radius 3 is 2.76 bits per heavy atom. The van der Waals surface area contributed by atoms with Crippen molar-refractivity contribution in [2.45, 2.75) is 38.8 Å². The number of nitrogens with zero attached hydrogens (tertiary/aromatic N) is 3. The van der Waals surface area contributed by atoms with Crippen molar-refractivity contribution in [1.29, 1.82) is 0 Å². The van der Waals surface area contributed by atoms with E-state index < -0.39 is 5.60 Å². The number of aliphatic hydroxyl groups is 1. The number of hydrogen-bond acceptors (Lipinski definition) is 3. The SMILES string of the molecule is Cc1nn(C)c(Cl)c1CN1CCCC(C)(O)C1. The molecule has 17 heavy (non-hydrogen) atoms. The molecule has 0 spiro atoms. The molecule has 0 aliphatic carbocycles. The van der Waals surface area contributed by atoms with Crippen LogP contribution >= 0.6 is 11.6 Å². The smallest absolute Gasteiger partial charge is 0.131 e. The van der Waals surface area contributed by atoms with Gasteiger partial charge in [0.2, 0.25) is 0 Å². The Labute approximate surface area is 107 Å². The van der Waals surface area contributed by atoms with Crippen molar-refractivity contribution in [2.24, 2.45) is 7.05 Å². The third-order valence-corrected chi connectivity index (χ3v) is 3.88. The van der Waals surface area contributed by atoms with Gasteiger partial charge in [0.25, 0.3) is 0 Å². The zero-order valence-corrected chi connectivity index (χ0v) is 11.5. The second-order valence-corrected chi connectivity index (χ2v) is 5.65. The molecule has 1 aromatic heterocycles. The summed E-state index contributed by atoms with van der Waals surface area (Å²) in [7, 11) is 1.85. The van der Waals surface area contributed by atoms with Crippen LogP contribution in [-0.4, -0.2) is 38.5 Å². The van der Waals surface area contributed by atoms with Crippen LogP contribution in [-0.2, 0) is 13.6 Å². The predicted molar refractivity (Wildman–Crippen MR) is 68.1 cm³/mol. The van der Waals surface area contributed by atoms with Crippen molar-refractivity contribution >= 4 is 11.6 Å². The lowest BCUT2D eigenvalue weighted by Crippen LogP contribution is -2.45. The fourth-order valence-electron chi connectivity index (χ4n) is 2.54. The minimum absolute atomic E-state index is 0.569. The molecule has 5 heteroatoms. The fourth-order valence-corrected chi connectivity index (χ4v) is 2.77. The zero-order valence-electron chi connectivity index (χ0n) is 10.7. The van der Waals surface area contributed by atoms with Crippen LogP contribution in [0.2, 0.25) is 5.15 Å². The molecule has 96 valence electrons. The lowest BCUT2D eigenvalue weighted by atomic mass is 9.95. The molecule has 1 N–H and O–H groups in total. The highest BCUT2D eigenvalue weighted by atomic mass is 35.5. The lowest BCUT2D eigenvalue weighted by Gasteiger charge is -2.36. The molecule has 0 radical (unpaired) electrons. The summed E-state index contributed by atoms with van der Waals surface area (Å²) in [5.41, 5.74) is 1.48. The first-order valence-corrected chi connectivity index (χ1v) is 6.39. The van der Waals surface area contributed by atoms with Crippen molar-refractivity contribution < 1.29 is 5.11 Å². The van der Waals surface area contributed by atoms with E-state index in [2.05, 4.69) is 10.00 Å². The largest absolute Gasteiger partial charge is 0.389 e. The summed E-state index contributed by atoms with van der Waals surface area (Å²) >= 11 is 6.22. The van der Waals surface area contributed by atoms with Gasteiger partial charge in [0.05, 0.1) is 11.3 Å². The molecule has 1 aromatic rings. The number of aromatic nitrogens is 2. The van der Waals surface area contributed by atoms with Crippen LogP contribution < -0.4 is 0 Å². The van der Waals surface area contributed by atoms with Gasteiger partial charge in [0.1, 0.15) is 5.15 Å². The Balaban J connectivity index is 2.10. The van der Waals surface area contributed by atoms with Crippen molar-refractivity contribution in [2.75, 3.05) is 13.1 Å². The van der Waals surface area contributed by atoms with Gasteiger partial charge in [-0.3, -0.25) is 9.58 Å². The minimum atomic E-state index is -0.569. The Morgan fingerprint density at radius 1 is 1.53 bits per heavy atom. The van der Waals surface area contributed by atoms with Gasteiger partial charge in [-0.25, -0.2) is 0 Å². The van der Waals surface area contributed by atoms with Gasteiger partial charge in [-0.05, 0) is 33.2 Å². The summed E-state index contributed by atoms with van der Waals surface area (Å²) in [6.07, 6.45) is 1.91. The monoisotopic (exact) mass is 257 g/mol. The summed E-state index contributed by atoms with van der Waals surface area (Å²) in [5.74, 6) is 0. The van der Waals surface area contributed by atoms with E-state index in [0.29, 0.717) is 11.7 Å². The molecule has 4 nitrogen and oxygen atoms in total. The van der Waals surface area contributed by atoms with Gasteiger partial charge >= 0.3 is 0 Å². The Bertz CT molecular complexity index is 414. The highest BCUT2D eigenvalue weighted by Gasteiger charge is 2.29. The molecule has 1 aliphatic rings. The van der Waals surface area contributed by atoms with Crippen LogP contribution in [0.25, 0.3) is 0 Å². The first-order valence-electron chi connectivity index (χ1n) is 6.02. The number of β-amino-alcohol motifs (C(OH)–C–C–N with tert-alkyl or cyclic N) is 1. The maximum absolute atomic E-state index is 10.1. The van der Waals surface area contributed by atoms with Crippen LogP contribution in [0.5, 0.6) is 0 Å². The second kappa shape index (κ2) is 4.59. The van der Waals surface area contributed by atoms with Gasteiger partial charge in [-0.2, -0.15) is 5.10 Å².